The van der Waals surface area contributed by atoms with Crippen LogP contribution in [0.25, 0.3) is 0 Å². The number of phenols is 3. The number of benzene rings is 3. The van der Waals surface area contributed by atoms with E-state index >= 15 is 0 Å². The minimum atomic E-state index is -4.29. The maximum absolute atomic E-state index is 11.4. The van der Waals surface area contributed by atoms with Crippen molar-refractivity contribution in [1.29, 1.82) is 0 Å². The van der Waals surface area contributed by atoms with Crippen LogP contribution in [-0.4, -0.2) is 118 Å². The maximum Gasteiger partial charge on any atom is 0.339 e. The van der Waals surface area contributed by atoms with E-state index in [1.165, 1.54) is 0 Å². The average molecular weight is 859 g/mol. The van der Waals surface area contributed by atoms with Gasteiger partial charge in [-0.25, -0.2) is 0 Å². The first kappa shape index (κ1) is 47.0. The van der Waals surface area contributed by atoms with Gasteiger partial charge in [0.05, 0.1) is 18.9 Å². The summed E-state index contributed by atoms with van der Waals surface area (Å²) in [6, 6.07) is 10.9. The second kappa shape index (κ2) is 20.5. The average Bonchev–Trinajstić information content (AvgIpc) is 3.16. The molecule has 1 heterocycles. The Morgan fingerprint density at radius 3 is 0.860 bits per heavy atom. The lowest BCUT2D eigenvalue weighted by Gasteiger charge is -2.27. The number of phenolic OH excluding ortho intramolecular Hbond substituents is 3. The van der Waals surface area contributed by atoms with Gasteiger partial charge in [-0.15, -0.1) is 0 Å². The van der Waals surface area contributed by atoms with Gasteiger partial charge in [0.15, 0.2) is 0 Å². The third kappa shape index (κ3) is 16.1. The van der Waals surface area contributed by atoms with E-state index < -0.39 is 41.6 Å². The first-order valence-corrected chi connectivity index (χ1v) is 23.8. The second-order valence-electron chi connectivity index (χ2n) is 14.9. The van der Waals surface area contributed by atoms with Gasteiger partial charge in [0, 0.05) is 112 Å². The van der Waals surface area contributed by atoms with Crippen LogP contribution in [-0.2, 0) is 53.0 Å². The lowest BCUT2D eigenvalue weighted by Crippen LogP contribution is -2.35. The molecule has 18 nitrogen and oxygen atoms in total. The molecule has 57 heavy (non-hydrogen) atoms. The summed E-state index contributed by atoms with van der Waals surface area (Å²) >= 11 is 0. The zero-order valence-corrected chi connectivity index (χ0v) is 35.2. The van der Waals surface area contributed by atoms with E-state index in [1.807, 2.05) is 39.0 Å². The number of nitrogens with zero attached hydrogens (tertiary/aromatic N) is 3. The highest BCUT2D eigenvalue weighted by atomic mass is 31.2. The van der Waals surface area contributed by atoms with Crippen LogP contribution in [0.5, 0.6) is 17.2 Å². The van der Waals surface area contributed by atoms with Gasteiger partial charge in [0.2, 0.25) is 0 Å². The molecule has 21 heteroatoms. The van der Waals surface area contributed by atoms with E-state index in [2.05, 4.69) is 30.7 Å². The Balaban J connectivity index is 1.61. The van der Waals surface area contributed by atoms with Crippen molar-refractivity contribution in [3.8, 4) is 17.2 Å². The van der Waals surface area contributed by atoms with E-state index in [0.29, 0.717) is 92.3 Å². The predicted molar refractivity (Wildman–Crippen MR) is 216 cm³/mol. The molecule has 0 aliphatic carbocycles. The van der Waals surface area contributed by atoms with Gasteiger partial charge in [0.1, 0.15) is 17.2 Å². The summed E-state index contributed by atoms with van der Waals surface area (Å²) in [5.74, 6) is 0.0876. The van der Waals surface area contributed by atoms with Gasteiger partial charge in [-0.1, -0.05) is 53.1 Å². The molecule has 0 spiro atoms. The van der Waals surface area contributed by atoms with Crippen molar-refractivity contribution < 1.29 is 58.4 Å². The molecule has 0 saturated carbocycles. The zero-order chi connectivity index (χ0) is 42.1. The SMILES string of the molecule is Cc1cc(CNCP(=O)(O)O)c(O)c(CN2CCN(Cc3cc(C)cc(CNCP(=O)(O)O)c3O)CCN(Cc3cc(C)cc(CNCP(=O)(O)O)c3O)CC2)c1. The van der Waals surface area contributed by atoms with Crippen molar-refractivity contribution in [3.05, 3.63) is 86.5 Å². The first-order valence-electron chi connectivity index (χ1n) is 18.4. The van der Waals surface area contributed by atoms with Gasteiger partial charge in [0.25, 0.3) is 0 Å². The Labute approximate surface area is 333 Å². The predicted octanol–water partition coefficient (Wildman–Crippen LogP) is 2.22. The van der Waals surface area contributed by atoms with Gasteiger partial charge in [-0.3, -0.25) is 28.4 Å². The van der Waals surface area contributed by atoms with Gasteiger partial charge < -0.3 is 60.6 Å². The lowest BCUT2D eigenvalue weighted by molar-refractivity contribution is 0.206. The minimum Gasteiger partial charge on any atom is -0.507 e. The highest BCUT2D eigenvalue weighted by Crippen LogP contribution is 2.35. The Bertz CT molecular complexity index is 1750. The van der Waals surface area contributed by atoms with Crippen LogP contribution >= 0.6 is 22.8 Å². The van der Waals surface area contributed by atoms with Crippen LogP contribution in [0, 0.1) is 20.8 Å². The van der Waals surface area contributed by atoms with Crippen LogP contribution in [0.2, 0.25) is 0 Å². The van der Waals surface area contributed by atoms with E-state index in [1.54, 1.807) is 18.2 Å². The third-order valence-corrected chi connectivity index (χ3v) is 11.4. The smallest absolute Gasteiger partial charge is 0.339 e. The summed E-state index contributed by atoms with van der Waals surface area (Å²) in [6.07, 6.45) is -1.59. The van der Waals surface area contributed by atoms with Gasteiger partial charge >= 0.3 is 22.8 Å². The van der Waals surface area contributed by atoms with Crippen LogP contribution in [0.4, 0.5) is 0 Å². The van der Waals surface area contributed by atoms with E-state index in [4.69, 9.17) is 0 Å². The topological polar surface area (TPSA) is 279 Å². The van der Waals surface area contributed by atoms with Crippen LogP contribution < -0.4 is 16.0 Å². The van der Waals surface area contributed by atoms with Crippen molar-refractivity contribution in [2.45, 2.75) is 60.0 Å². The number of hydrogen-bond acceptors (Lipinski definition) is 12. The van der Waals surface area contributed by atoms with Crippen molar-refractivity contribution >= 4 is 22.8 Å². The molecule has 318 valence electrons. The highest BCUT2D eigenvalue weighted by molar-refractivity contribution is 7.52. The van der Waals surface area contributed by atoms with Crippen molar-refractivity contribution in [2.24, 2.45) is 0 Å². The molecule has 0 unspecified atom stereocenters. The molecule has 0 bridgehead atoms. The molecule has 0 radical (unpaired) electrons. The summed E-state index contributed by atoms with van der Waals surface area (Å²) in [5.41, 5.74) is 6.06. The Morgan fingerprint density at radius 2 is 0.649 bits per heavy atom. The maximum atomic E-state index is 11.4. The van der Waals surface area contributed by atoms with Crippen LogP contribution in [0.15, 0.2) is 36.4 Å². The molecule has 1 aliphatic heterocycles. The molecular weight excluding hydrogens is 801 g/mol. The second-order valence-corrected chi connectivity index (χ2v) is 19.8. The molecule has 12 N–H and O–H groups in total. The molecule has 0 atom stereocenters. The Kier molecular flexibility index (Phi) is 16.9. The molecule has 3 aromatic rings. The summed E-state index contributed by atoms with van der Waals surface area (Å²) in [5, 5.41) is 42.0. The fraction of sp³-hybridized carbons (Fsp3) is 0.500. The molecule has 0 aromatic heterocycles. The number of aromatic hydroxyl groups is 3. The van der Waals surface area contributed by atoms with E-state index in [0.717, 1.165) is 16.7 Å². The fourth-order valence-corrected chi connectivity index (χ4v) is 8.17. The Hall–Kier alpha value is -2.73. The fourth-order valence-electron chi connectivity index (χ4n) is 6.96. The highest BCUT2D eigenvalue weighted by Gasteiger charge is 2.23. The third-order valence-electron chi connectivity index (χ3n) is 9.52. The number of hydrogen-bond donors (Lipinski definition) is 12. The lowest BCUT2D eigenvalue weighted by atomic mass is 10.0. The first-order chi connectivity index (χ1) is 26.5. The molecule has 4 rings (SSSR count). The largest absolute Gasteiger partial charge is 0.507 e. The summed E-state index contributed by atoms with van der Waals surface area (Å²) < 4.78 is 34.2. The Morgan fingerprint density at radius 1 is 0.439 bits per heavy atom. The molecule has 1 aliphatic rings. The summed E-state index contributed by atoms with van der Waals surface area (Å²) in [7, 11) is -12.9. The molecule has 3 aromatic carbocycles. The monoisotopic (exact) mass is 858 g/mol. The number of rotatable bonds is 18. The normalized spacial score (nSPS) is 15.7. The molecular formula is C36H57N6O12P3. The van der Waals surface area contributed by atoms with Crippen LogP contribution in [0.1, 0.15) is 50.1 Å². The molecule has 1 fully saturated rings. The number of aryl methyl sites for hydroxylation is 3. The standard InChI is InChI=1S/C36H57N6O12P3/c1-25-10-28(16-37-22-55(46,47)48)34(43)31(13-25)19-40-4-6-41(20-32-14-26(2)11-29(35(32)44)17-38-23-56(49,50)51)8-9-42(7-5-40)21-33-15-27(3)12-30(36(33)45)18-39-24-57(52,53)54/h10-15,37-39,43-45H,4-9,16-24H2,1-3H3,(H2,46,47,48)(H2,49,50,51)(H2,52,53,54). The van der Waals surface area contributed by atoms with Crippen molar-refractivity contribution in [3.63, 3.8) is 0 Å². The van der Waals surface area contributed by atoms with E-state index in [9.17, 15) is 58.4 Å². The zero-order valence-electron chi connectivity index (χ0n) is 32.5. The van der Waals surface area contributed by atoms with Crippen LogP contribution in [0.3, 0.4) is 0 Å². The molecule has 0 amide bonds. The minimum absolute atomic E-state index is 0.0292. The van der Waals surface area contributed by atoms with Gasteiger partial charge in [-0.05, 0) is 20.8 Å². The van der Waals surface area contributed by atoms with Crippen molar-refractivity contribution in [1.82, 2.24) is 30.7 Å². The van der Waals surface area contributed by atoms with Gasteiger partial charge in [-0.2, -0.15) is 0 Å². The number of nitrogens with one attached hydrogen (secondary N) is 3. The summed E-state index contributed by atoms with van der Waals surface area (Å²) in [4.78, 5) is 62.3. The quantitative estimate of drug-likeness (QED) is 0.0817. The summed E-state index contributed by atoms with van der Waals surface area (Å²) in [6.45, 7) is 10.3. The molecule has 1 saturated heterocycles. The van der Waals surface area contributed by atoms with E-state index in [-0.39, 0.29) is 36.9 Å². The van der Waals surface area contributed by atoms with Crippen molar-refractivity contribution in [2.75, 3.05) is 58.1 Å².